The third-order valence-corrected chi connectivity index (χ3v) is 7.03. The second-order valence-corrected chi connectivity index (χ2v) is 9.56. The molecule has 1 fully saturated rings. The fraction of sp³-hybridized carbons (Fsp3) is 0.407. The molecule has 0 unspecified atom stereocenters. The van der Waals surface area contributed by atoms with Gasteiger partial charge in [-0.3, -0.25) is 4.79 Å². The zero-order chi connectivity index (χ0) is 24.9. The Morgan fingerprint density at radius 1 is 1.17 bits per heavy atom. The molecule has 1 aliphatic carbocycles. The SMILES string of the molecule is N#Cc1ccc2c(c1)OCC[C@H]2NC(=O)[C@@H](CC1CCCCC1)Nc1cc(-n2cccc2)nc(N)n1. The van der Waals surface area contributed by atoms with Gasteiger partial charge in [-0.25, -0.2) is 0 Å². The van der Waals surface area contributed by atoms with Crippen LogP contribution in [0.1, 0.15) is 62.1 Å². The van der Waals surface area contributed by atoms with Crippen molar-refractivity contribution in [2.24, 2.45) is 5.92 Å². The number of rotatable bonds is 7. The number of carbonyl (C=O) groups excluding carboxylic acids is 1. The molecule has 1 saturated carbocycles. The molecule has 2 atom stereocenters. The van der Waals surface area contributed by atoms with E-state index in [-0.39, 0.29) is 17.9 Å². The molecule has 36 heavy (non-hydrogen) atoms. The number of fused-ring (bicyclic) bond motifs is 1. The number of nitrogens with one attached hydrogen (secondary N) is 2. The first kappa shape index (κ1) is 23.7. The Balaban J connectivity index is 1.37. The van der Waals surface area contributed by atoms with E-state index in [0.29, 0.717) is 41.9 Å². The van der Waals surface area contributed by atoms with E-state index in [1.165, 1.54) is 19.3 Å². The fourth-order valence-electron chi connectivity index (χ4n) is 5.19. The predicted molar refractivity (Wildman–Crippen MR) is 137 cm³/mol. The summed E-state index contributed by atoms with van der Waals surface area (Å²) in [5, 5.41) is 15.8. The van der Waals surface area contributed by atoms with Crippen LogP contribution in [0.4, 0.5) is 11.8 Å². The maximum absolute atomic E-state index is 13.7. The van der Waals surface area contributed by atoms with Gasteiger partial charge in [-0.1, -0.05) is 38.2 Å². The van der Waals surface area contributed by atoms with E-state index in [9.17, 15) is 10.1 Å². The highest BCUT2D eigenvalue weighted by molar-refractivity contribution is 5.85. The van der Waals surface area contributed by atoms with Crippen LogP contribution in [0.25, 0.3) is 5.82 Å². The van der Waals surface area contributed by atoms with Crippen LogP contribution in [0.2, 0.25) is 0 Å². The predicted octanol–water partition coefficient (Wildman–Crippen LogP) is 4.11. The lowest BCUT2D eigenvalue weighted by Crippen LogP contribution is -2.44. The minimum atomic E-state index is -0.468. The van der Waals surface area contributed by atoms with E-state index < -0.39 is 6.04 Å². The molecule has 9 heteroatoms. The monoisotopic (exact) mass is 485 g/mol. The first-order chi connectivity index (χ1) is 17.6. The number of nitriles is 1. The highest BCUT2D eigenvalue weighted by atomic mass is 16.5. The quantitative estimate of drug-likeness (QED) is 0.459. The van der Waals surface area contributed by atoms with Gasteiger partial charge in [-0.2, -0.15) is 15.2 Å². The standard InChI is InChI=1S/C27H31N7O2/c28-17-19-8-9-20-21(10-13-36-23(20)15-19)31-26(35)22(14-18-6-2-1-3-7-18)30-24-16-25(33-27(29)32-24)34-11-4-5-12-34/h4-5,8-9,11-12,15-16,18,21-22H,1-3,6-7,10,13-14H2,(H,31,35)(H3,29,30,32,33)/t21-,22-/m1/s1. The summed E-state index contributed by atoms with van der Waals surface area (Å²) in [7, 11) is 0. The van der Waals surface area contributed by atoms with Gasteiger partial charge in [-0.15, -0.1) is 0 Å². The number of amides is 1. The van der Waals surface area contributed by atoms with Crippen LogP contribution in [0.15, 0.2) is 48.8 Å². The summed E-state index contributed by atoms with van der Waals surface area (Å²) in [6.07, 6.45) is 11.1. The second kappa shape index (κ2) is 10.7. The van der Waals surface area contributed by atoms with Gasteiger partial charge < -0.3 is 25.7 Å². The van der Waals surface area contributed by atoms with Gasteiger partial charge in [-0.05, 0) is 36.6 Å². The van der Waals surface area contributed by atoms with Crippen LogP contribution in [-0.4, -0.2) is 33.1 Å². The second-order valence-electron chi connectivity index (χ2n) is 9.56. The van der Waals surface area contributed by atoms with E-state index >= 15 is 0 Å². The molecule has 3 heterocycles. The van der Waals surface area contributed by atoms with Crippen molar-refractivity contribution in [3.8, 4) is 17.6 Å². The molecule has 0 bridgehead atoms. The van der Waals surface area contributed by atoms with E-state index in [4.69, 9.17) is 10.5 Å². The van der Waals surface area contributed by atoms with Crippen molar-refractivity contribution in [2.75, 3.05) is 17.7 Å². The van der Waals surface area contributed by atoms with E-state index in [1.807, 2.05) is 41.2 Å². The number of hydrogen-bond acceptors (Lipinski definition) is 7. The van der Waals surface area contributed by atoms with Gasteiger partial charge in [0.15, 0.2) is 0 Å². The minimum absolute atomic E-state index is 0.0810. The normalized spacial score (nSPS) is 18.4. The van der Waals surface area contributed by atoms with E-state index in [2.05, 4.69) is 26.7 Å². The highest BCUT2D eigenvalue weighted by Crippen LogP contribution is 2.33. The maximum atomic E-state index is 13.7. The molecule has 186 valence electrons. The molecule has 3 aromatic rings. The Hall–Kier alpha value is -4.06. The number of ether oxygens (including phenoxy) is 1. The van der Waals surface area contributed by atoms with E-state index in [0.717, 1.165) is 24.8 Å². The van der Waals surface area contributed by atoms with Gasteiger partial charge in [0.25, 0.3) is 0 Å². The van der Waals surface area contributed by atoms with Gasteiger partial charge >= 0.3 is 0 Å². The van der Waals surface area contributed by atoms with Gasteiger partial charge in [0, 0.05) is 30.4 Å². The number of aromatic nitrogens is 3. The number of benzene rings is 1. The van der Waals surface area contributed by atoms with Crippen molar-refractivity contribution in [2.45, 2.75) is 57.0 Å². The van der Waals surface area contributed by atoms with Crippen LogP contribution in [0.5, 0.6) is 5.75 Å². The van der Waals surface area contributed by atoms with Crippen LogP contribution in [0, 0.1) is 17.2 Å². The first-order valence-electron chi connectivity index (χ1n) is 12.6. The summed E-state index contributed by atoms with van der Waals surface area (Å²) < 4.78 is 7.62. The van der Waals surface area contributed by atoms with Gasteiger partial charge in [0.05, 0.1) is 24.3 Å². The molecular weight excluding hydrogens is 454 g/mol. The molecule has 9 nitrogen and oxygen atoms in total. The highest BCUT2D eigenvalue weighted by Gasteiger charge is 2.29. The summed E-state index contributed by atoms with van der Waals surface area (Å²) in [5.41, 5.74) is 7.45. The summed E-state index contributed by atoms with van der Waals surface area (Å²) >= 11 is 0. The molecule has 1 aliphatic heterocycles. The van der Waals surface area contributed by atoms with Crippen molar-refractivity contribution in [1.29, 1.82) is 5.26 Å². The molecule has 1 aromatic carbocycles. The number of nitrogens with zero attached hydrogens (tertiary/aromatic N) is 4. The Kier molecular flexibility index (Phi) is 7.03. The number of anilines is 2. The topological polar surface area (TPSA) is 131 Å². The van der Waals surface area contributed by atoms with Crippen LogP contribution in [0.3, 0.4) is 0 Å². The van der Waals surface area contributed by atoms with Crippen LogP contribution >= 0.6 is 0 Å². The molecule has 1 amide bonds. The third-order valence-electron chi connectivity index (χ3n) is 7.03. The average Bonchev–Trinajstić information content (AvgIpc) is 3.44. The Morgan fingerprint density at radius 3 is 2.75 bits per heavy atom. The van der Waals surface area contributed by atoms with Crippen LogP contribution in [-0.2, 0) is 4.79 Å². The van der Waals surface area contributed by atoms with Crippen LogP contribution < -0.4 is 21.1 Å². The number of hydrogen-bond donors (Lipinski definition) is 3. The smallest absolute Gasteiger partial charge is 0.243 e. The minimum Gasteiger partial charge on any atom is -0.493 e. The first-order valence-corrected chi connectivity index (χ1v) is 12.6. The van der Waals surface area contributed by atoms with Crippen molar-refractivity contribution in [3.63, 3.8) is 0 Å². The lowest BCUT2D eigenvalue weighted by molar-refractivity contribution is -0.123. The number of nitrogens with two attached hydrogens (primary N) is 1. The lowest BCUT2D eigenvalue weighted by Gasteiger charge is -2.31. The Labute approximate surface area is 210 Å². The summed E-state index contributed by atoms with van der Waals surface area (Å²) in [5.74, 6) is 2.36. The molecule has 0 spiro atoms. The third kappa shape index (κ3) is 5.43. The molecule has 4 N–H and O–H groups in total. The average molecular weight is 486 g/mol. The molecule has 0 radical (unpaired) electrons. The zero-order valence-electron chi connectivity index (χ0n) is 20.2. The molecule has 0 saturated heterocycles. The number of nitrogen functional groups attached to an aromatic ring is 1. The van der Waals surface area contributed by atoms with E-state index in [1.54, 1.807) is 12.1 Å². The summed E-state index contributed by atoms with van der Waals surface area (Å²) in [4.78, 5) is 22.4. The van der Waals surface area contributed by atoms with Crippen molar-refractivity contribution in [1.82, 2.24) is 19.9 Å². The Bertz CT molecular complexity index is 1250. The fourth-order valence-corrected chi connectivity index (χ4v) is 5.19. The largest absolute Gasteiger partial charge is 0.493 e. The Morgan fingerprint density at radius 2 is 1.97 bits per heavy atom. The molecule has 2 aromatic heterocycles. The zero-order valence-corrected chi connectivity index (χ0v) is 20.2. The molecular formula is C27H31N7O2. The van der Waals surface area contributed by atoms with Crippen molar-refractivity contribution in [3.05, 3.63) is 59.9 Å². The maximum Gasteiger partial charge on any atom is 0.243 e. The van der Waals surface area contributed by atoms with Crippen molar-refractivity contribution < 1.29 is 9.53 Å². The molecule has 2 aliphatic rings. The van der Waals surface area contributed by atoms with Gasteiger partial charge in [0.2, 0.25) is 11.9 Å². The summed E-state index contributed by atoms with van der Waals surface area (Å²) in [6, 6.07) is 12.5. The lowest BCUT2D eigenvalue weighted by atomic mass is 9.84. The van der Waals surface area contributed by atoms with Crippen molar-refractivity contribution >= 4 is 17.7 Å². The summed E-state index contributed by atoms with van der Waals surface area (Å²) in [6.45, 7) is 0.482. The van der Waals surface area contributed by atoms with Gasteiger partial charge in [0.1, 0.15) is 23.4 Å². The number of carbonyl (C=O) groups is 1. The molecule has 5 rings (SSSR count).